The number of thiocarbonyl (C=S) groups is 1. The van der Waals surface area contributed by atoms with Crippen LogP contribution < -0.4 is 19.7 Å². The first kappa shape index (κ1) is 24.3. The Labute approximate surface area is 225 Å². The number of benzene rings is 2. The van der Waals surface area contributed by atoms with Crippen LogP contribution >= 0.6 is 28.1 Å². The Bertz CT molecular complexity index is 1410. The summed E-state index contributed by atoms with van der Waals surface area (Å²) in [5.41, 5.74) is 6.30. The maximum Gasteiger partial charge on any atom is 0.174 e. The second-order valence-corrected chi connectivity index (χ2v) is 9.98. The van der Waals surface area contributed by atoms with Crippen molar-refractivity contribution in [3.05, 3.63) is 100 Å². The Morgan fingerprint density at radius 1 is 0.972 bits per heavy atom. The first-order valence-corrected chi connectivity index (χ1v) is 12.8. The van der Waals surface area contributed by atoms with E-state index in [0.29, 0.717) is 10.9 Å². The third kappa shape index (κ3) is 4.24. The molecule has 3 heterocycles. The summed E-state index contributed by atoms with van der Waals surface area (Å²) in [5.74, 6) is 1.45. The number of nitrogens with one attached hydrogen (secondary N) is 1. The second kappa shape index (κ2) is 9.95. The van der Waals surface area contributed by atoms with Crippen molar-refractivity contribution < 1.29 is 9.47 Å². The molecule has 0 amide bonds. The van der Waals surface area contributed by atoms with E-state index in [-0.39, 0.29) is 12.1 Å². The SMILES string of the molecule is COc1ccc(OC)c(N2C(=S)N[C@@H](c3ccccn3)[C@H]2c2cc(C)n(-c3ccc(Br)cc3)c2C)c1. The Balaban J connectivity index is 1.71. The predicted octanol–water partition coefficient (Wildman–Crippen LogP) is 6.45. The van der Waals surface area contributed by atoms with Crippen molar-refractivity contribution in [2.45, 2.75) is 25.9 Å². The molecule has 0 aliphatic carbocycles. The molecule has 2 atom stereocenters. The molecule has 5 rings (SSSR count). The van der Waals surface area contributed by atoms with Gasteiger partial charge in [0.05, 0.1) is 37.7 Å². The number of ether oxygens (including phenoxy) is 2. The fraction of sp³-hybridized carbons (Fsp3) is 0.214. The van der Waals surface area contributed by atoms with Crippen LogP contribution in [0.15, 0.2) is 77.4 Å². The van der Waals surface area contributed by atoms with Crippen LogP contribution in [0, 0.1) is 13.8 Å². The minimum absolute atomic E-state index is 0.159. The van der Waals surface area contributed by atoms with Crippen LogP contribution in [0.1, 0.15) is 34.7 Å². The molecular weight excluding hydrogens is 536 g/mol. The van der Waals surface area contributed by atoms with Crippen LogP contribution in [0.3, 0.4) is 0 Å². The molecule has 1 N–H and O–H groups in total. The average molecular weight is 564 g/mol. The van der Waals surface area contributed by atoms with Gasteiger partial charge >= 0.3 is 0 Å². The summed E-state index contributed by atoms with van der Waals surface area (Å²) < 4.78 is 14.6. The number of rotatable bonds is 6. The molecular formula is C28H27BrN4O2S. The molecule has 0 saturated carbocycles. The molecule has 184 valence electrons. The van der Waals surface area contributed by atoms with E-state index in [1.165, 1.54) is 0 Å². The number of hydrogen-bond acceptors (Lipinski definition) is 4. The molecule has 36 heavy (non-hydrogen) atoms. The van der Waals surface area contributed by atoms with Crippen LogP contribution in [0.2, 0.25) is 0 Å². The lowest BCUT2D eigenvalue weighted by atomic mass is 9.96. The van der Waals surface area contributed by atoms with Crippen molar-refractivity contribution >= 4 is 38.9 Å². The normalized spacial score (nSPS) is 17.2. The second-order valence-electron chi connectivity index (χ2n) is 8.67. The largest absolute Gasteiger partial charge is 0.497 e. The zero-order valence-corrected chi connectivity index (χ0v) is 22.9. The van der Waals surface area contributed by atoms with Crippen molar-refractivity contribution in [2.24, 2.45) is 0 Å². The van der Waals surface area contributed by atoms with E-state index in [1.54, 1.807) is 14.2 Å². The van der Waals surface area contributed by atoms with Gasteiger partial charge in [0.25, 0.3) is 0 Å². The van der Waals surface area contributed by atoms with Crippen LogP contribution in [-0.4, -0.2) is 28.9 Å². The zero-order valence-electron chi connectivity index (χ0n) is 20.5. The molecule has 4 aromatic rings. The highest BCUT2D eigenvalue weighted by Crippen LogP contribution is 2.47. The summed E-state index contributed by atoms with van der Waals surface area (Å²) in [7, 11) is 3.33. The number of halogens is 1. The zero-order chi connectivity index (χ0) is 25.4. The number of aromatic nitrogens is 2. The van der Waals surface area contributed by atoms with E-state index < -0.39 is 0 Å². The number of methoxy groups -OCH3 is 2. The van der Waals surface area contributed by atoms with E-state index in [0.717, 1.165) is 44.2 Å². The van der Waals surface area contributed by atoms with Crippen molar-refractivity contribution in [1.29, 1.82) is 0 Å². The lowest BCUT2D eigenvalue weighted by Gasteiger charge is -2.29. The van der Waals surface area contributed by atoms with Crippen molar-refractivity contribution in [3.63, 3.8) is 0 Å². The van der Waals surface area contributed by atoms with Gasteiger partial charge in [-0.3, -0.25) is 4.98 Å². The Hall–Kier alpha value is -3.36. The number of anilines is 1. The molecule has 8 heteroatoms. The molecule has 2 aromatic heterocycles. The fourth-order valence-electron chi connectivity index (χ4n) is 4.99. The van der Waals surface area contributed by atoms with Gasteiger partial charge in [-0.1, -0.05) is 22.0 Å². The molecule has 1 aliphatic heterocycles. The topological polar surface area (TPSA) is 51.6 Å². The van der Waals surface area contributed by atoms with Gasteiger partial charge in [-0.15, -0.1) is 0 Å². The summed E-state index contributed by atoms with van der Waals surface area (Å²) in [6, 6.07) is 22.0. The minimum atomic E-state index is -0.163. The maximum absolute atomic E-state index is 5.93. The highest BCUT2D eigenvalue weighted by atomic mass is 79.9. The van der Waals surface area contributed by atoms with Gasteiger partial charge in [0.1, 0.15) is 11.5 Å². The number of aryl methyl sites for hydroxylation is 1. The highest BCUT2D eigenvalue weighted by molar-refractivity contribution is 9.10. The van der Waals surface area contributed by atoms with Gasteiger partial charge in [-0.25, -0.2) is 0 Å². The maximum atomic E-state index is 5.93. The first-order valence-electron chi connectivity index (χ1n) is 11.6. The predicted molar refractivity (Wildman–Crippen MR) is 150 cm³/mol. The van der Waals surface area contributed by atoms with Gasteiger partial charge < -0.3 is 24.3 Å². The monoisotopic (exact) mass is 562 g/mol. The first-order chi connectivity index (χ1) is 17.4. The van der Waals surface area contributed by atoms with Crippen LogP contribution in [0.5, 0.6) is 11.5 Å². The van der Waals surface area contributed by atoms with Crippen molar-refractivity contribution in [2.75, 3.05) is 19.1 Å². The Kier molecular flexibility index (Phi) is 6.73. The van der Waals surface area contributed by atoms with Crippen LogP contribution in [0.25, 0.3) is 5.69 Å². The van der Waals surface area contributed by atoms with E-state index in [4.69, 9.17) is 21.7 Å². The standard InChI is InChI=1S/C28H27BrN4O2S/c1-17-15-22(18(2)32(17)20-10-8-19(29)9-11-20)27-26(23-7-5-6-14-30-23)31-28(36)33(27)24-16-21(34-3)12-13-25(24)35-4/h5-16,26-27H,1-4H3,(H,31,36)/t26-,27+/m0/s1. The Morgan fingerprint density at radius 3 is 2.42 bits per heavy atom. The molecule has 1 aliphatic rings. The molecule has 6 nitrogen and oxygen atoms in total. The lowest BCUT2D eigenvalue weighted by Crippen LogP contribution is -2.30. The van der Waals surface area contributed by atoms with E-state index in [1.807, 2.05) is 42.6 Å². The van der Waals surface area contributed by atoms with Gasteiger partial charge in [-0.2, -0.15) is 0 Å². The van der Waals surface area contributed by atoms with Crippen molar-refractivity contribution in [3.8, 4) is 17.2 Å². The molecule has 1 saturated heterocycles. The van der Waals surface area contributed by atoms with E-state index >= 15 is 0 Å². The lowest BCUT2D eigenvalue weighted by molar-refractivity contribution is 0.403. The smallest absolute Gasteiger partial charge is 0.174 e. The molecule has 0 radical (unpaired) electrons. The minimum Gasteiger partial charge on any atom is -0.497 e. The average Bonchev–Trinajstić information content (AvgIpc) is 3.39. The third-order valence-electron chi connectivity index (χ3n) is 6.62. The summed E-state index contributed by atoms with van der Waals surface area (Å²) in [6.45, 7) is 4.29. The molecule has 1 fully saturated rings. The van der Waals surface area contributed by atoms with Crippen LogP contribution in [0.4, 0.5) is 5.69 Å². The highest BCUT2D eigenvalue weighted by Gasteiger charge is 2.43. The van der Waals surface area contributed by atoms with Gasteiger partial charge in [0.2, 0.25) is 0 Å². The molecule has 0 unspecified atom stereocenters. The van der Waals surface area contributed by atoms with E-state index in [9.17, 15) is 0 Å². The Morgan fingerprint density at radius 2 is 1.75 bits per heavy atom. The van der Waals surface area contributed by atoms with Crippen LogP contribution in [-0.2, 0) is 0 Å². The van der Waals surface area contributed by atoms with E-state index in [2.05, 4.69) is 79.9 Å². The quantitative estimate of drug-likeness (QED) is 0.273. The molecule has 0 spiro atoms. The van der Waals surface area contributed by atoms with Gasteiger partial charge in [0.15, 0.2) is 5.11 Å². The van der Waals surface area contributed by atoms with Crippen molar-refractivity contribution in [1.82, 2.24) is 14.9 Å². The summed E-state index contributed by atoms with van der Waals surface area (Å²) in [4.78, 5) is 6.81. The fourth-order valence-corrected chi connectivity index (χ4v) is 5.59. The number of hydrogen-bond donors (Lipinski definition) is 1. The summed E-state index contributed by atoms with van der Waals surface area (Å²) in [6.07, 6.45) is 1.82. The summed E-state index contributed by atoms with van der Waals surface area (Å²) >= 11 is 9.48. The van der Waals surface area contributed by atoms with Gasteiger partial charge in [0, 0.05) is 33.8 Å². The molecule has 2 aromatic carbocycles. The van der Waals surface area contributed by atoms with Gasteiger partial charge in [-0.05, 0) is 86.2 Å². The third-order valence-corrected chi connectivity index (χ3v) is 7.46. The number of pyridine rings is 1. The summed E-state index contributed by atoms with van der Waals surface area (Å²) in [5, 5.41) is 4.15. The molecule has 0 bridgehead atoms. The number of nitrogens with zero attached hydrogens (tertiary/aromatic N) is 3.